The van der Waals surface area contributed by atoms with E-state index in [-0.39, 0.29) is 6.61 Å². The van der Waals surface area contributed by atoms with Crippen LogP contribution in [-0.2, 0) is 11.3 Å². The van der Waals surface area contributed by atoms with Gasteiger partial charge in [-0.1, -0.05) is 30.3 Å². The van der Waals surface area contributed by atoms with Gasteiger partial charge in [-0.25, -0.2) is 14.2 Å². The summed E-state index contributed by atoms with van der Waals surface area (Å²) < 4.78 is 20.2. The molecule has 0 saturated heterocycles. The van der Waals surface area contributed by atoms with Crippen molar-refractivity contribution in [3.63, 3.8) is 0 Å². The number of benzene rings is 1. The molecule has 0 radical (unpaired) electrons. The number of nitrogens with zero attached hydrogens (tertiary/aromatic N) is 2. The number of esters is 1. The quantitative estimate of drug-likeness (QED) is 0.693. The Morgan fingerprint density at radius 1 is 1.27 bits per heavy atom. The van der Waals surface area contributed by atoms with E-state index in [1.807, 2.05) is 30.3 Å². The molecule has 4 nitrogen and oxygen atoms in total. The minimum absolute atomic E-state index is 0.285. The highest BCUT2D eigenvalue weighted by atomic mass is 19.1. The molecule has 0 aliphatic carbocycles. The summed E-state index contributed by atoms with van der Waals surface area (Å²) in [5.41, 5.74) is 1.96. The summed E-state index contributed by atoms with van der Waals surface area (Å²) in [4.78, 5) is 16.3. The van der Waals surface area contributed by atoms with Crippen LogP contribution in [0.3, 0.4) is 0 Å². The van der Waals surface area contributed by atoms with Crippen LogP contribution >= 0.6 is 0 Å². The number of rotatable bonds is 4. The number of hydrogen-bond acceptors (Lipinski definition) is 3. The normalized spacial score (nSPS) is 10.8. The molecule has 0 atom stereocenters. The summed E-state index contributed by atoms with van der Waals surface area (Å²) in [6.45, 7) is 2.50. The third kappa shape index (κ3) is 2.70. The number of pyridine rings is 1. The van der Waals surface area contributed by atoms with Crippen LogP contribution in [0.25, 0.3) is 11.0 Å². The average molecular weight is 298 g/mol. The predicted molar refractivity (Wildman–Crippen MR) is 81.2 cm³/mol. The van der Waals surface area contributed by atoms with Gasteiger partial charge in [-0.05, 0) is 24.6 Å². The second kappa shape index (κ2) is 5.97. The summed E-state index contributed by atoms with van der Waals surface area (Å²) in [6, 6.07) is 12.7. The third-order valence-electron chi connectivity index (χ3n) is 3.37. The summed E-state index contributed by atoms with van der Waals surface area (Å²) in [7, 11) is 0. The van der Waals surface area contributed by atoms with Gasteiger partial charge in [0.25, 0.3) is 0 Å². The molecule has 0 N–H and O–H groups in total. The molecule has 2 heterocycles. The van der Waals surface area contributed by atoms with Gasteiger partial charge in [-0.2, -0.15) is 0 Å². The maximum absolute atomic E-state index is 13.4. The molecule has 5 heteroatoms. The Morgan fingerprint density at radius 3 is 2.77 bits per heavy atom. The van der Waals surface area contributed by atoms with Crippen molar-refractivity contribution >= 4 is 17.0 Å². The number of carbonyl (C=O) groups excluding carboxylic acids is 1. The molecule has 3 aromatic rings. The fourth-order valence-corrected chi connectivity index (χ4v) is 2.42. The zero-order chi connectivity index (χ0) is 15.5. The molecule has 0 aliphatic heterocycles. The first kappa shape index (κ1) is 14.3. The van der Waals surface area contributed by atoms with Crippen LogP contribution < -0.4 is 0 Å². The van der Waals surface area contributed by atoms with Crippen LogP contribution in [0.2, 0.25) is 0 Å². The van der Waals surface area contributed by atoms with Crippen molar-refractivity contribution in [3.05, 3.63) is 65.7 Å². The first-order valence-electron chi connectivity index (χ1n) is 7.05. The third-order valence-corrected chi connectivity index (χ3v) is 3.37. The van der Waals surface area contributed by atoms with Crippen LogP contribution in [0.15, 0.2) is 48.7 Å². The van der Waals surface area contributed by atoms with E-state index in [2.05, 4.69) is 4.98 Å². The van der Waals surface area contributed by atoms with Crippen molar-refractivity contribution in [2.24, 2.45) is 0 Å². The molecule has 3 rings (SSSR count). The monoisotopic (exact) mass is 298 g/mol. The van der Waals surface area contributed by atoms with Gasteiger partial charge in [0.2, 0.25) is 0 Å². The second-order valence-electron chi connectivity index (χ2n) is 4.89. The Balaban J connectivity index is 2.12. The molecule has 0 unspecified atom stereocenters. The summed E-state index contributed by atoms with van der Waals surface area (Å²) >= 11 is 0. The fraction of sp³-hybridized carbons (Fsp3) is 0.176. The number of halogens is 1. The molecule has 22 heavy (non-hydrogen) atoms. The molecule has 0 fully saturated rings. The maximum atomic E-state index is 13.4. The summed E-state index contributed by atoms with van der Waals surface area (Å²) in [5.74, 6) is -0.864. The highest BCUT2D eigenvalue weighted by Gasteiger charge is 2.18. The van der Waals surface area contributed by atoms with Gasteiger partial charge >= 0.3 is 5.97 Å². The van der Waals surface area contributed by atoms with Crippen LogP contribution in [0.4, 0.5) is 4.39 Å². The largest absolute Gasteiger partial charge is 0.461 e. The highest BCUT2D eigenvalue weighted by Crippen LogP contribution is 2.21. The van der Waals surface area contributed by atoms with Crippen molar-refractivity contribution in [2.75, 3.05) is 6.61 Å². The van der Waals surface area contributed by atoms with E-state index in [1.54, 1.807) is 17.6 Å². The first-order chi connectivity index (χ1) is 10.7. The first-order valence-corrected chi connectivity index (χ1v) is 7.05. The van der Waals surface area contributed by atoms with E-state index in [0.29, 0.717) is 23.3 Å². The van der Waals surface area contributed by atoms with Crippen molar-refractivity contribution in [3.8, 4) is 0 Å². The topological polar surface area (TPSA) is 44.1 Å². The van der Waals surface area contributed by atoms with E-state index in [0.717, 1.165) is 11.8 Å². The van der Waals surface area contributed by atoms with E-state index in [9.17, 15) is 9.18 Å². The minimum atomic E-state index is -0.433. The number of aromatic nitrogens is 2. The van der Waals surface area contributed by atoms with Crippen molar-refractivity contribution in [2.45, 2.75) is 13.5 Å². The van der Waals surface area contributed by atoms with Gasteiger partial charge in [0.05, 0.1) is 12.8 Å². The molecule has 0 bridgehead atoms. The van der Waals surface area contributed by atoms with Gasteiger partial charge in [0, 0.05) is 11.9 Å². The number of hydrogen-bond donors (Lipinski definition) is 0. The van der Waals surface area contributed by atoms with Gasteiger partial charge < -0.3 is 9.30 Å². The minimum Gasteiger partial charge on any atom is -0.461 e. The Hall–Kier alpha value is -2.69. The lowest BCUT2D eigenvalue weighted by Gasteiger charge is -2.09. The lowest BCUT2D eigenvalue weighted by molar-refractivity contribution is 0.0515. The number of ether oxygens (including phenoxy) is 1. The second-order valence-corrected chi connectivity index (χ2v) is 4.89. The number of fused-ring (bicyclic) bond motifs is 1. The van der Waals surface area contributed by atoms with Gasteiger partial charge in [0.15, 0.2) is 0 Å². The van der Waals surface area contributed by atoms with Crippen molar-refractivity contribution in [1.82, 2.24) is 9.55 Å². The number of carbonyl (C=O) groups is 1. The van der Waals surface area contributed by atoms with Crippen molar-refractivity contribution < 1.29 is 13.9 Å². The molecule has 0 amide bonds. The van der Waals surface area contributed by atoms with Crippen LogP contribution in [0.5, 0.6) is 0 Å². The van der Waals surface area contributed by atoms with Gasteiger partial charge in [-0.15, -0.1) is 0 Å². The van der Waals surface area contributed by atoms with E-state index in [1.165, 1.54) is 6.07 Å². The van der Waals surface area contributed by atoms with Crippen LogP contribution in [-0.4, -0.2) is 22.1 Å². The lowest BCUT2D eigenvalue weighted by Crippen LogP contribution is -2.13. The SMILES string of the molecule is CCOC(=O)c1cc2cc(F)cnc2n1Cc1ccccc1. The van der Waals surface area contributed by atoms with E-state index >= 15 is 0 Å². The smallest absolute Gasteiger partial charge is 0.355 e. The summed E-state index contributed by atoms with van der Waals surface area (Å²) in [5, 5.41) is 0.582. The Kier molecular flexibility index (Phi) is 3.87. The van der Waals surface area contributed by atoms with Crippen molar-refractivity contribution in [1.29, 1.82) is 0 Å². The maximum Gasteiger partial charge on any atom is 0.355 e. The fourth-order valence-electron chi connectivity index (χ4n) is 2.42. The molecule has 0 spiro atoms. The lowest BCUT2D eigenvalue weighted by atomic mass is 10.2. The van der Waals surface area contributed by atoms with Gasteiger partial charge in [0.1, 0.15) is 17.2 Å². The zero-order valence-electron chi connectivity index (χ0n) is 12.1. The van der Waals surface area contributed by atoms with E-state index < -0.39 is 11.8 Å². The Labute approximate surface area is 127 Å². The molecule has 1 aromatic carbocycles. The zero-order valence-corrected chi connectivity index (χ0v) is 12.1. The molecule has 0 aliphatic rings. The Morgan fingerprint density at radius 2 is 2.05 bits per heavy atom. The molecule has 112 valence electrons. The average Bonchev–Trinajstić information content (AvgIpc) is 2.86. The van der Waals surface area contributed by atoms with Gasteiger partial charge in [-0.3, -0.25) is 0 Å². The van der Waals surface area contributed by atoms with Crippen LogP contribution in [0, 0.1) is 5.82 Å². The molecular weight excluding hydrogens is 283 g/mol. The molecule has 0 saturated carbocycles. The van der Waals surface area contributed by atoms with Crippen LogP contribution in [0.1, 0.15) is 23.0 Å². The molecular formula is C17H15FN2O2. The standard InChI is InChI=1S/C17H15FN2O2/c1-2-22-17(21)15-9-13-8-14(18)10-19-16(13)20(15)11-12-6-4-3-5-7-12/h3-10H,2,11H2,1H3. The highest BCUT2D eigenvalue weighted by molar-refractivity contribution is 5.94. The van der Waals surface area contributed by atoms with E-state index in [4.69, 9.17) is 4.74 Å². The summed E-state index contributed by atoms with van der Waals surface area (Å²) in [6.07, 6.45) is 1.15. The predicted octanol–water partition coefficient (Wildman–Crippen LogP) is 3.40. The Bertz CT molecular complexity index is 812. The molecule has 2 aromatic heterocycles.